The fourth-order valence-electron chi connectivity index (χ4n) is 2.86. The molecule has 150 valence electrons. The summed E-state index contributed by atoms with van der Waals surface area (Å²) in [4.78, 5) is 6.06. The minimum absolute atomic E-state index is 0. The highest BCUT2D eigenvalue weighted by Gasteiger charge is 2.27. The number of sulfonamides is 1. The highest BCUT2D eigenvalue weighted by atomic mass is 127. The van der Waals surface area contributed by atoms with Crippen LogP contribution in [0.4, 0.5) is 0 Å². The number of piperidine rings is 1. The molecule has 0 saturated carbocycles. The summed E-state index contributed by atoms with van der Waals surface area (Å²) in [5, 5.41) is 8.86. The monoisotopic (exact) mass is 514 g/mol. The molecule has 1 atom stereocenters. The van der Waals surface area contributed by atoms with E-state index in [1.165, 1.54) is 4.88 Å². The summed E-state index contributed by atoms with van der Waals surface area (Å²) in [6.07, 6.45) is 1.62. The molecule has 0 radical (unpaired) electrons. The largest absolute Gasteiger partial charge is 0.357 e. The molecule has 0 spiro atoms. The van der Waals surface area contributed by atoms with Crippen LogP contribution in [0, 0.1) is 0 Å². The number of hydrogen-bond donors (Lipinski definition) is 2. The van der Waals surface area contributed by atoms with Gasteiger partial charge in [0, 0.05) is 36.5 Å². The standard InChI is InChI=1S/C17H30N4O2S2.HI/c1-4-18-17(19-13-14(3)16-7-6-12-24-16)20-15-8-10-21(11-9-15)25(22,23)5-2;/h6-7,12,14-15H,4-5,8-11,13H2,1-3H3,(H2,18,19,20);1H. The molecule has 1 saturated heterocycles. The quantitative estimate of drug-likeness (QED) is 0.334. The van der Waals surface area contributed by atoms with Gasteiger partial charge in [-0.2, -0.15) is 0 Å². The van der Waals surface area contributed by atoms with Crippen molar-refractivity contribution in [2.75, 3.05) is 31.9 Å². The zero-order valence-corrected chi connectivity index (χ0v) is 19.7. The van der Waals surface area contributed by atoms with Gasteiger partial charge in [0.15, 0.2) is 5.96 Å². The second kappa shape index (κ2) is 11.5. The summed E-state index contributed by atoms with van der Waals surface area (Å²) in [5.41, 5.74) is 0. The lowest BCUT2D eigenvalue weighted by Gasteiger charge is -2.32. The van der Waals surface area contributed by atoms with Crippen LogP contribution in [-0.4, -0.2) is 56.7 Å². The zero-order chi connectivity index (χ0) is 18.3. The molecule has 2 rings (SSSR count). The van der Waals surface area contributed by atoms with Crippen LogP contribution in [0.25, 0.3) is 0 Å². The SMILES string of the molecule is CCNC(=NCC(C)c1cccs1)NC1CCN(S(=O)(=O)CC)CC1.I. The molecule has 1 aliphatic rings. The number of nitrogens with one attached hydrogen (secondary N) is 2. The van der Waals surface area contributed by atoms with E-state index in [9.17, 15) is 8.42 Å². The Morgan fingerprint density at radius 3 is 2.62 bits per heavy atom. The van der Waals surface area contributed by atoms with Crippen LogP contribution in [0.1, 0.15) is 44.4 Å². The number of guanidine groups is 1. The van der Waals surface area contributed by atoms with E-state index in [1.807, 2.05) is 0 Å². The summed E-state index contributed by atoms with van der Waals surface area (Å²) >= 11 is 1.76. The third-order valence-electron chi connectivity index (χ3n) is 4.45. The summed E-state index contributed by atoms with van der Waals surface area (Å²) in [6, 6.07) is 4.48. The number of halogens is 1. The highest BCUT2D eigenvalue weighted by molar-refractivity contribution is 14.0. The number of aliphatic imine (C=N–C) groups is 1. The molecular weight excluding hydrogens is 483 g/mol. The average molecular weight is 514 g/mol. The second-order valence-electron chi connectivity index (χ2n) is 6.35. The molecule has 0 aliphatic carbocycles. The minimum Gasteiger partial charge on any atom is -0.357 e. The van der Waals surface area contributed by atoms with Crippen LogP contribution in [-0.2, 0) is 10.0 Å². The van der Waals surface area contributed by atoms with Crippen molar-refractivity contribution in [1.82, 2.24) is 14.9 Å². The van der Waals surface area contributed by atoms with Crippen molar-refractivity contribution in [2.24, 2.45) is 4.99 Å². The summed E-state index contributed by atoms with van der Waals surface area (Å²) in [6.45, 7) is 8.65. The lowest BCUT2D eigenvalue weighted by atomic mass is 10.1. The van der Waals surface area contributed by atoms with E-state index in [1.54, 1.807) is 22.6 Å². The van der Waals surface area contributed by atoms with Crippen molar-refractivity contribution < 1.29 is 8.42 Å². The first-order valence-electron chi connectivity index (χ1n) is 9.02. The van der Waals surface area contributed by atoms with Crippen LogP contribution < -0.4 is 10.6 Å². The fraction of sp³-hybridized carbons (Fsp3) is 0.706. The van der Waals surface area contributed by atoms with E-state index in [0.29, 0.717) is 19.0 Å². The Morgan fingerprint density at radius 1 is 1.38 bits per heavy atom. The molecular formula is C17H31IN4O2S2. The molecule has 9 heteroatoms. The summed E-state index contributed by atoms with van der Waals surface area (Å²) in [5.74, 6) is 1.39. The Hall–Kier alpha value is -0.390. The van der Waals surface area contributed by atoms with Gasteiger partial charge in [0.1, 0.15) is 0 Å². The molecule has 1 aromatic rings. The summed E-state index contributed by atoms with van der Waals surface area (Å²) in [7, 11) is -3.07. The van der Waals surface area contributed by atoms with Crippen LogP contribution in [0.5, 0.6) is 0 Å². The lowest BCUT2D eigenvalue weighted by molar-refractivity contribution is 0.306. The van der Waals surface area contributed by atoms with E-state index in [4.69, 9.17) is 4.99 Å². The van der Waals surface area contributed by atoms with Gasteiger partial charge in [0.05, 0.1) is 12.3 Å². The third-order valence-corrected chi connectivity index (χ3v) is 7.43. The summed E-state index contributed by atoms with van der Waals surface area (Å²) < 4.78 is 25.5. The maximum absolute atomic E-state index is 11.9. The van der Waals surface area contributed by atoms with Gasteiger partial charge in [-0.25, -0.2) is 12.7 Å². The number of rotatable bonds is 7. The van der Waals surface area contributed by atoms with Crippen LogP contribution >= 0.6 is 35.3 Å². The Bertz CT molecular complexity index is 642. The second-order valence-corrected chi connectivity index (χ2v) is 9.59. The first-order chi connectivity index (χ1) is 12.0. The van der Waals surface area contributed by atoms with E-state index in [-0.39, 0.29) is 35.8 Å². The molecule has 1 aliphatic heterocycles. The van der Waals surface area contributed by atoms with E-state index >= 15 is 0 Å². The maximum atomic E-state index is 11.9. The molecule has 6 nitrogen and oxygen atoms in total. The highest BCUT2D eigenvalue weighted by Crippen LogP contribution is 2.20. The first-order valence-corrected chi connectivity index (χ1v) is 11.5. The van der Waals surface area contributed by atoms with Crippen LogP contribution in [0.15, 0.2) is 22.5 Å². The molecule has 1 aromatic heterocycles. The molecule has 0 amide bonds. The predicted octanol–water partition coefficient (Wildman–Crippen LogP) is 2.84. The van der Waals surface area contributed by atoms with Gasteiger partial charge >= 0.3 is 0 Å². The molecule has 1 unspecified atom stereocenters. The fourth-order valence-corrected chi connectivity index (χ4v) is 4.77. The number of hydrogen-bond acceptors (Lipinski definition) is 4. The zero-order valence-electron chi connectivity index (χ0n) is 15.8. The van der Waals surface area contributed by atoms with Crippen molar-refractivity contribution >= 4 is 51.3 Å². The van der Waals surface area contributed by atoms with Gasteiger partial charge < -0.3 is 10.6 Å². The Kier molecular flexibility index (Phi) is 10.4. The van der Waals surface area contributed by atoms with Crippen molar-refractivity contribution in [2.45, 2.75) is 45.6 Å². The van der Waals surface area contributed by atoms with Crippen LogP contribution in [0.3, 0.4) is 0 Å². The topological polar surface area (TPSA) is 73.8 Å². The lowest BCUT2D eigenvalue weighted by Crippen LogP contribution is -2.50. The van der Waals surface area contributed by atoms with E-state index in [0.717, 1.165) is 31.9 Å². The molecule has 2 heterocycles. The van der Waals surface area contributed by atoms with Gasteiger partial charge in [-0.1, -0.05) is 13.0 Å². The van der Waals surface area contributed by atoms with Crippen LogP contribution in [0.2, 0.25) is 0 Å². The predicted molar refractivity (Wildman–Crippen MR) is 121 cm³/mol. The van der Waals surface area contributed by atoms with Gasteiger partial charge in [-0.3, -0.25) is 4.99 Å². The first kappa shape index (κ1) is 23.6. The Labute approximate surface area is 178 Å². The smallest absolute Gasteiger partial charge is 0.213 e. The third kappa shape index (κ3) is 6.97. The minimum atomic E-state index is -3.07. The van der Waals surface area contributed by atoms with E-state index in [2.05, 4.69) is 42.0 Å². The molecule has 1 fully saturated rings. The van der Waals surface area contributed by atoms with E-state index < -0.39 is 10.0 Å². The van der Waals surface area contributed by atoms with Gasteiger partial charge in [0.25, 0.3) is 0 Å². The van der Waals surface area contributed by atoms with Gasteiger partial charge in [-0.05, 0) is 38.1 Å². The van der Waals surface area contributed by atoms with Crippen molar-refractivity contribution in [3.8, 4) is 0 Å². The maximum Gasteiger partial charge on any atom is 0.213 e. The van der Waals surface area contributed by atoms with Crippen molar-refractivity contribution in [1.29, 1.82) is 0 Å². The molecule has 0 bridgehead atoms. The number of thiophene rings is 1. The molecule has 2 N–H and O–H groups in total. The van der Waals surface area contributed by atoms with Crippen molar-refractivity contribution in [3.63, 3.8) is 0 Å². The normalized spacial score (nSPS) is 18.2. The van der Waals surface area contributed by atoms with Gasteiger partial charge in [0.2, 0.25) is 10.0 Å². The Morgan fingerprint density at radius 2 is 2.08 bits per heavy atom. The number of nitrogens with zero attached hydrogens (tertiary/aromatic N) is 2. The Balaban J connectivity index is 0.00000338. The molecule has 26 heavy (non-hydrogen) atoms. The molecule has 0 aromatic carbocycles. The van der Waals surface area contributed by atoms with Crippen molar-refractivity contribution in [3.05, 3.63) is 22.4 Å². The van der Waals surface area contributed by atoms with Gasteiger partial charge in [-0.15, -0.1) is 35.3 Å². The average Bonchev–Trinajstić information content (AvgIpc) is 3.15.